The average molecular weight is 246 g/mol. The summed E-state index contributed by atoms with van der Waals surface area (Å²) in [5.74, 6) is -1.38. The van der Waals surface area contributed by atoms with E-state index in [1.165, 1.54) is 11.1 Å². The SMILES string of the molecule is N#CC1CC(C(=O)CNF)(C(=O)CNF)CN1. The van der Waals surface area contributed by atoms with Gasteiger partial charge in [0, 0.05) is 6.54 Å². The van der Waals surface area contributed by atoms with E-state index in [2.05, 4.69) is 5.32 Å². The van der Waals surface area contributed by atoms with Gasteiger partial charge in [0.15, 0.2) is 11.6 Å². The van der Waals surface area contributed by atoms with Crippen LogP contribution in [-0.2, 0) is 9.59 Å². The first-order valence-electron chi connectivity index (χ1n) is 4.97. The van der Waals surface area contributed by atoms with Crippen LogP contribution in [0.2, 0.25) is 0 Å². The molecule has 1 aliphatic heterocycles. The van der Waals surface area contributed by atoms with E-state index in [1.807, 2.05) is 6.07 Å². The third kappa shape index (κ3) is 2.63. The number of ketones is 2. The third-order valence-corrected chi connectivity index (χ3v) is 2.88. The Labute approximate surface area is 96.2 Å². The van der Waals surface area contributed by atoms with Crippen molar-refractivity contribution in [1.29, 1.82) is 5.26 Å². The first kappa shape index (κ1) is 13.6. The Morgan fingerprint density at radius 1 is 1.35 bits per heavy atom. The highest BCUT2D eigenvalue weighted by Gasteiger charge is 2.50. The van der Waals surface area contributed by atoms with Gasteiger partial charge in [-0.2, -0.15) is 16.3 Å². The molecule has 1 saturated heterocycles. The maximum atomic E-state index is 11.9. The molecule has 0 saturated carbocycles. The molecule has 0 aromatic heterocycles. The van der Waals surface area contributed by atoms with Gasteiger partial charge in [-0.15, -0.1) is 8.96 Å². The summed E-state index contributed by atoms with van der Waals surface area (Å²) in [7, 11) is 0. The van der Waals surface area contributed by atoms with Crippen LogP contribution in [0.3, 0.4) is 0 Å². The summed E-state index contributed by atoms with van der Waals surface area (Å²) in [6.07, 6.45) is -0.0650. The van der Waals surface area contributed by atoms with Crippen LogP contribution < -0.4 is 16.4 Å². The van der Waals surface area contributed by atoms with Gasteiger partial charge in [0.1, 0.15) is 5.41 Å². The summed E-state index contributed by atoms with van der Waals surface area (Å²) in [5, 5.41) is 11.4. The number of nitrogens with one attached hydrogen (secondary N) is 3. The number of rotatable bonds is 6. The number of hydrogen-bond acceptors (Lipinski definition) is 6. The molecule has 94 valence electrons. The number of halogens is 2. The molecule has 1 aliphatic rings. The predicted octanol–water partition coefficient (Wildman–Crippen LogP) is -1.06. The highest BCUT2D eigenvalue weighted by atomic mass is 19.2. The molecule has 1 heterocycles. The molecular weight excluding hydrogens is 234 g/mol. The average Bonchev–Trinajstić information content (AvgIpc) is 2.75. The topological polar surface area (TPSA) is 94.0 Å². The second-order valence-electron chi connectivity index (χ2n) is 3.82. The first-order valence-corrected chi connectivity index (χ1v) is 4.97. The lowest BCUT2D eigenvalue weighted by Crippen LogP contribution is -2.47. The van der Waals surface area contributed by atoms with Crippen LogP contribution >= 0.6 is 0 Å². The van der Waals surface area contributed by atoms with Crippen molar-refractivity contribution in [1.82, 2.24) is 16.4 Å². The Balaban J connectivity index is 2.91. The van der Waals surface area contributed by atoms with Crippen LogP contribution in [0.5, 0.6) is 0 Å². The van der Waals surface area contributed by atoms with Crippen molar-refractivity contribution in [3.63, 3.8) is 0 Å². The van der Waals surface area contributed by atoms with Crippen molar-refractivity contribution in [3.05, 3.63) is 0 Å². The molecule has 1 fully saturated rings. The Kier molecular flexibility index (Phi) is 4.62. The van der Waals surface area contributed by atoms with Gasteiger partial charge < -0.3 is 5.32 Å². The monoisotopic (exact) mass is 246 g/mol. The lowest BCUT2D eigenvalue weighted by molar-refractivity contribution is -0.139. The van der Waals surface area contributed by atoms with Crippen LogP contribution in [0.15, 0.2) is 0 Å². The molecular formula is C9H12F2N4O2. The molecule has 1 unspecified atom stereocenters. The van der Waals surface area contributed by atoms with E-state index in [0.717, 1.165) is 0 Å². The molecule has 0 spiro atoms. The van der Waals surface area contributed by atoms with Gasteiger partial charge in [-0.3, -0.25) is 9.59 Å². The molecule has 0 radical (unpaired) electrons. The third-order valence-electron chi connectivity index (χ3n) is 2.88. The minimum absolute atomic E-state index is 0.0650. The number of Topliss-reactive ketones (excluding diaryl/α,β-unsaturated/α-hetero) is 2. The summed E-state index contributed by atoms with van der Waals surface area (Å²) in [6, 6.07) is 1.20. The molecule has 3 N–H and O–H groups in total. The zero-order chi connectivity index (χ0) is 12.9. The van der Waals surface area contributed by atoms with Crippen LogP contribution in [0.1, 0.15) is 6.42 Å². The summed E-state index contributed by atoms with van der Waals surface area (Å²) in [6.45, 7) is -1.36. The van der Waals surface area contributed by atoms with Crippen LogP contribution in [0, 0.1) is 16.7 Å². The maximum absolute atomic E-state index is 11.9. The number of carbonyl (C=O) groups is 2. The Morgan fingerprint density at radius 3 is 2.24 bits per heavy atom. The van der Waals surface area contributed by atoms with Crippen molar-refractivity contribution in [2.45, 2.75) is 12.5 Å². The van der Waals surface area contributed by atoms with Gasteiger partial charge in [-0.05, 0) is 6.42 Å². The van der Waals surface area contributed by atoms with Crippen molar-refractivity contribution in [2.24, 2.45) is 5.41 Å². The number of nitriles is 1. The summed E-state index contributed by atoms with van der Waals surface area (Å²) in [5.41, 5.74) is 0.816. The summed E-state index contributed by atoms with van der Waals surface area (Å²) < 4.78 is 23.9. The number of nitrogens with zero attached hydrogens (tertiary/aromatic N) is 1. The van der Waals surface area contributed by atoms with Crippen LogP contribution in [-0.4, -0.2) is 37.2 Å². The molecule has 0 aromatic rings. The molecule has 1 rings (SSSR count). The standard InChI is InChI=1S/C9H12F2N4O2/c10-14-3-7(16)9(8(17)4-15-11)1-6(2-12)13-5-9/h6,13-15H,1,3-5H2. The Bertz CT molecular complexity index is 337. The predicted molar refractivity (Wildman–Crippen MR) is 52.7 cm³/mol. The normalized spacial score (nSPS) is 22.1. The van der Waals surface area contributed by atoms with Crippen molar-refractivity contribution in [3.8, 4) is 6.07 Å². The highest BCUT2D eigenvalue weighted by molar-refractivity contribution is 6.09. The fourth-order valence-electron chi connectivity index (χ4n) is 1.92. The molecule has 0 bridgehead atoms. The van der Waals surface area contributed by atoms with E-state index in [4.69, 9.17) is 5.26 Å². The molecule has 6 nitrogen and oxygen atoms in total. The van der Waals surface area contributed by atoms with Gasteiger partial charge in [0.25, 0.3) is 0 Å². The van der Waals surface area contributed by atoms with Crippen LogP contribution in [0.25, 0.3) is 0 Å². The summed E-state index contributed by atoms with van der Waals surface area (Å²) >= 11 is 0. The van der Waals surface area contributed by atoms with E-state index in [-0.39, 0.29) is 13.0 Å². The summed E-state index contributed by atoms with van der Waals surface area (Å²) in [4.78, 5) is 23.4. The van der Waals surface area contributed by atoms with Gasteiger partial charge in [0.05, 0.1) is 25.2 Å². The lowest BCUT2D eigenvalue weighted by atomic mass is 9.77. The van der Waals surface area contributed by atoms with Crippen molar-refractivity contribution < 1.29 is 18.6 Å². The van der Waals surface area contributed by atoms with Gasteiger partial charge in [-0.25, -0.2) is 0 Å². The van der Waals surface area contributed by atoms with E-state index in [1.54, 1.807) is 0 Å². The fraction of sp³-hybridized carbons (Fsp3) is 0.667. The molecule has 0 aromatic carbocycles. The molecule has 0 aliphatic carbocycles. The van der Waals surface area contributed by atoms with Gasteiger partial charge in [0.2, 0.25) is 0 Å². The smallest absolute Gasteiger partial charge is 0.164 e. The van der Waals surface area contributed by atoms with Crippen molar-refractivity contribution in [2.75, 3.05) is 19.6 Å². The van der Waals surface area contributed by atoms with E-state index in [9.17, 15) is 18.6 Å². The first-order chi connectivity index (χ1) is 8.10. The van der Waals surface area contributed by atoms with Crippen molar-refractivity contribution >= 4 is 11.6 Å². The van der Waals surface area contributed by atoms with Gasteiger partial charge in [-0.1, -0.05) is 0 Å². The minimum atomic E-state index is -1.53. The van der Waals surface area contributed by atoms with Gasteiger partial charge >= 0.3 is 0 Å². The quantitative estimate of drug-likeness (QED) is 0.409. The Hall–Kier alpha value is -1.43. The zero-order valence-electron chi connectivity index (χ0n) is 8.93. The Morgan fingerprint density at radius 2 is 1.88 bits per heavy atom. The lowest BCUT2D eigenvalue weighted by Gasteiger charge is -2.23. The second kappa shape index (κ2) is 5.77. The van der Waals surface area contributed by atoms with Crippen LogP contribution in [0.4, 0.5) is 8.96 Å². The van der Waals surface area contributed by atoms with E-state index >= 15 is 0 Å². The van der Waals surface area contributed by atoms with E-state index < -0.39 is 36.1 Å². The molecule has 17 heavy (non-hydrogen) atoms. The minimum Gasteiger partial charge on any atom is -0.300 e. The molecule has 1 atom stereocenters. The largest absolute Gasteiger partial charge is 0.300 e. The van der Waals surface area contributed by atoms with E-state index in [0.29, 0.717) is 0 Å². The molecule has 0 amide bonds. The maximum Gasteiger partial charge on any atom is 0.164 e. The highest BCUT2D eigenvalue weighted by Crippen LogP contribution is 2.31. The zero-order valence-corrected chi connectivity index (χ0v) is 8.93. The molecule has 8 heteroatoms. The second-order valence-corrected chi connectivity index (χ2v) is 3.82. The fourth-order valence-corrected chi connectivity index (χ4v) is 1.92. The number of carbonyl (C=O) groups excluding carboxylic acids is 2. The number of hydrogen-bond donors (Lipinski definition) is 3.